The number of para-hydroxylation sites is 1. The van der Waals surface area contributed by atoms with E-state index in [-0.39, 0.29) is 0 Å². The maximum atomic E-state index is 5.97. The fourth-order valence-corrected chi connectivity index (χ4v) is 3.67. The summed E-state index contributed by atoms with van der Waals surface area (Å²) in [5.74, 6) is 1.54. The first-order valence-corrected chi connectivity index (χ1v) is 7.61. The maximum Gasteiger partial charge on any atom is 0.134 e. The van der Waals surface area contributed by atoms with Crippen LogP contribution in [-0.4, -0.2) is 6.54 Å². The Balaban J connectivity index is 1.82. The lowest BCUT2D eigenvalue weighted by Gasteiger charge is -2.20. The zero-order valence-corrected chi connectivity index (χ0v) is 12.2. The Morgan fingerprint density at radius 2 is 1.76 bits per heavy atom. The molecule has 1 N–H and O–H groups in total. The number of nitrogens with one attached hydrogen (secondary N) is 1. The van der Waals surface area contributed by atoms with E-state index in [2.05, 4.69) is 60.8 Å². The van der Waals surface area contributed by atoms with Gasteiger partial charge >= 0.3 is 0 Å². The fraction of sp³-hybridized carbons (Fsp3) is 0.263. The van der Waals surface area contributed by atoms with Crippen molar-refractivity contribution < 1.29 is 4.42 Å². The van der Waals surface area contributed by atoms with Gasteiger partial charge in [-0.2, -0.15) is 0 Å². The summed E-state index contributed by atoms with van der Waals surface area (Å²) in [7, 11) is 0. The third kappa shape index (κ3) is 2.07. The largest absolute Gasteiger partial charge is 0.461 e. The van der Waals surface area contributed by atoms with Crippen molar-refractivity contribution in [2.45, 2.75) is 25.3 Å². The summed E-state index contributed by atoms with van der Waals surface area (Å²) in [6, 6.07) is 19.5. The Labute approximate surface area is 124 Å². The molecule has 0 amide bonds. The van der Waals surface area contributed by atoms with Gasteiger partial charge in [0.25, 0.3) is 0 Å². The third-order valence-electron chi connectivity index (χ3n) is 4.57. The number of fused-ring (bicyclic) bond motifs is 1. The summed E-state index contributed by atoms with van der Waals surface area (Å²) in [6.45, 7) is 3.15. The molecule has 2 atom stereocenters. The Bertz CT molecular complexity index is 760. The van der Waals surface area contributed by atoms with Crippen LogP contribution in [0.4, 0.5) is 0 Å². The molecule has 2 heteroatoms. The lowest BCUT2D eigenvalue weighted by atomic mass is 9.86. The molecular weight excluding hydrogens is 258 g/mol. The van der Waals surface area contributed by atoms with Crippen molar-refractivity contribution in [2.24, 2.45) is 0 Å². The van der Waals surface area contributed by atoms with Crippen LogP contribution in [0, 0.1) is 6.92 Å². The van der Waals surface area contributed by atoms with Gasteiger partial charge in [-0.25, -0.2) is 0 Å². The number of benzene rings is 2. The number of aryl methyl sites for hydroxylation is 1. The summed E-state index contributed by atoms with van der Waals surface area (Å²) < 4.78 is 5.97. The Hall–Kier alpha value is -2.06. The van der Waals surface area contributed by atoms with E-state index in [4.69, 9.17) is 4.42 Å². The summed E-state index contributed by atoms with van der Waals surface area (Å²) >= 11 is 0. The SMILES string of the molecule is Cc1oc2ccccc2c1C1CCNC1c1ccccc1. The normalized spacial score (nSPS) is 22.0. The first-order chi connectivity index (χ1) is 10.3. The highest BCUT2D eigenvalue weighted by Crippen LogP contribution is 2.43. The molecule has 1 aliphatic heterocycles. The van der Waals surface area contributed by atoms with Crippen LogP contribution in [0.3, 0.4) is 0 Å². The molecule has 2 nitrogen and oxygen atoms in total. The van der Waals surface area contributed by atoms with Gasteiger partial charge in [-0.1, -0.05) is 48.5 Å². The summed E-state index contributed by atoms with van der Waals surface area (Å²) in [6.07, 6.45) is 1.16. The number of hydrogen-bond donors (Lipinski definition) is 1. The average Bonchev–Trinajstić information content (AvgIpc) is 3.11. The second-order valence-corrected chi connectivity index (χ2v) is 5.81. The first kappa shape index (κ1) is 12.7. The molecule has 1 aromatic heterocycles. The van der Waals surface area contributed by atoms with Gasteiger partial charge in [0.2, 0.25) is 0 Å². The van der Waals surface area contributed by atoms with Crippen LogP contribution in [0.15, 0.2) is 59.0 Å². The predicted octanol–water partition coefficient (Wildman–Crippen LogP) is 4.56. The minimum Gasteiger partial charge on any atom is -0.461 e. The number of hydrogen-bond acceptors (Lipinski definition) is 2. The smallest absolute Gasteiger partial charge is 0.134 e. The van der Waals surface area contributed by atoms with Gasteiger partial charge in [-0.05, 0) is 31.5 Å². The van der Waals surface area contributed by atoms with E-state index in [1.165, 1.54) is 16.5 Å². The van der Waals surface area contributed by atoms with Crippen molar-refractivity contribution in [1.82, 2.24) is 5.32 Å². The lowest BCUT2D eigenvalue weighted by molar-refractivity contribution is 0.537. The van der Waals surface area contributed by atoms with Crippen molar-refractivity contribution >= 4 is 11.0 Å². The molecule has 1 saturated heterocycles. The minimum atomic E-state index is 0.380. The standard InChI is InChI=1S/C19H19NO/c1-13-18(15-9-5-6-10-17(15)21-13)16-11-12-20-19(16)14-7-3-2-4-8-14/h2-10,16,19-20H,11-12H2,1H3. The van der Waals surface area contributed by atoms with Crippen LogP contribution >= 0.6 is 0 Å². The number of furan rings is 1. The van der Waals surface area contributed by atoms with Crippen molar-refractivity contribution in [1.29, 1.82) is 0 Å². The molecule has 2 unspecified atom stereocenters. The van der Waals surface area contributed by atoms with Gasteiger partial charge in [-0.3, -0.25) is 0 Å². The van der Waals surface area contributed by atoms with Gasteiger partial charge in [-0.15, -0.1) is 0 Å². The molecule has 0 saturated carbocycles. The predicted molar refractivity (Wildman–Crippen MR) is 85.5 cm³/mol. The quantitative estimate of drug-likeness (QED) is 0.743. The van der Waals surface area contributed by atoms with Crippen molar-refractivity contribution in [3.05, 3.63) is 71.5 Å². The minimum absolute atomic E-state index is 0.380. The van der Waals surface area contributed by atoms with Crippen molar-refractivity contribution in [3.8, 4) is 0 Å². The van der Waals surface area contributed by atoms with Crippen LogP contribution in [0.2, 0.25) is 0 Å². The van der Waals surface area contributed by atoms with Crippen LogP contribution in [0.25, 0.3) is 11.0 Å². The Kier molecular flexibility index (Phi) is 3.04. The molecule has 106 valence electrons. The molecule has 0 aliphatic carbocycles. The van der Waals surface area contributed by atoms with Gasteiger partial charge < -0.3 is 9.73 Å². The molecule has 1 fully saturated rings. The molecule has 1 aliphatic rings. The van der Waals surface area contributed by atoms with E-state index in [9.17, 15) is 0 Å². The van der Waals surface area contributed by atoms with Crippen LogP contribution in [0.5, 0.6) is 0 Å². The Morgan fingerprint density at radius 3 is 2.62 bits per heavy atom. The van der Waals surface area contributed by atoms with Gasteiger partial charge in [0.1, 0.15) is 11.3 Å². The van der Waals surface area contributed by atoms with E-state index in [0.717, 1.165) is 24.3 Å². The Morgan fingerprint density at radius 1 is 1.00 bits per heavy atom. The second kappa shape index (κ2) is 5.05. The second-order valence-electron chi connectivity index (χ2n) is 5.81. The van der Waals surface area contributed by atoms with Crippen molar-refractivity contribution in [2.75, 3.05) is 6.54 Å². The lowest BCUT2D eigenvalue weighted by Crippen LogP contribution is -2.17. The third-order valence-corrected chi connectivity index (χ3v) is 4.57. The maximum absolute atomic E-state index is 5.97. The molecule has 0 spiro atoms. The monoisotopic (exact) mass is 277 g/mol. The summed E-state index contributed by atoms with van der Waals surface area (Å²) in [5.41, 5.74) is 3.75. The summed E-state index contributed by atoms with van der Waals surface area (Å²) in [5, 5.41) is 4.93. The van der Waals surface area contributed by atoms with E-state index in [0.29, 0.717) is 12.0 Å². The molecule has 3 aromatic rings. The highest BCUT2D eigenvalue weighted by Gasteiger charge is 2.32. The first-order valence-electron chi connectivity index (χ1n) is 7.61. The van der Waals surface area contributed by atoms with Crippen LogP contribution < -0.4 is 5.32 Å². The molecule has 21 heavy (non-hydrogen) atoms. The van der Waals surface area contributed by atoms with E-state index in [1.807, 2.05) is 6.07 Å². The van der Waals surface area contributed by atoms with Gasteiger partial charge in [0.15, 0.2) is 0 Å². The molecule has 2 aromatic carbocycles. The molecule has 4 rings (SSSR count). The fourth-order valence-electron chi connectivity index (χ4n) is 3.67. The topological polar surface area (TPSA) is 25.2 Å². The molecule has 0 radical (unpaired) electrons. The highest BCUT2D eigenvalue weighted by molar-refractivity contribution is 5.83. The van der Waals surface area contributed by atoms with E-state index in [1.54, 1.807) is 0 Å². The van der Waals surface area contributed by atoms with Gasteiger partial charge in [0.05, 0.1) is 0 Å². The van der Waals surface area contributed by atoms with E-state index < -0.39 is 0 Å². The molecule has 2 heterocycles. The van der Waals surface area contributed by atoms with E-state index >= 15 is 0 Å². The molecular formula is C19H19NO. The molecule has 0 bridgehead atoms. The van der Waals surface area contributed by atoms with Crippen molar-refractivity contribution in [3.63, 3.8) is 0 Å². The van der Waals surface area contributed by atoms with Crippen LogP contribution in [0.1, 0.15) is 35.3 Å². The zero-order valence-electron chi connectivity index (χ0n) is 12.2. The zero-order chi connectivity index (χ0) is 14.2. The highest BCUT2D eigenvalue weighted by atomic mass is 16.3. The summed E-state index contributed by atoms with van der Waals surface area (Å²) in [4.78, 5) is 0. The van der Waals surface area contributed by atoms with Gasteiger partial charge in [0, 0.05) is 22.9 Å². The average molecular weight is 277 g/mol. The number of rotatable bonds is 2. The van der Waals surface area contributed by atoms with Crippen LogP contribution in [-0.2, 0) is 0 Å².